The summed E-state index contributed by atoms with van der Waals surface area (Å²) < 4.78 is 0. The van der Waals surface area contributed by atoms with E-state index in [2.05, 4.69) is 47.3 Å². The zero-order chi connectivity index (χ0) is 19.5. The van der Waals surface area contributed by atoms with Crippen molar-refractivity contribution in [3.63, 3.8) is 0 Å². The van der Waals surface area contributed by atoms with E-state index in [1.54, 1.807) is 12.4 Å². The van der Waals surface area contributed by atoms with Crippen molar-refractivity contribution in [1.29, 1.82) is 0 Å². The molecule has 1 aliphatic heterocycles. The number of hydrogen-bond acceptors (Lipinski definition) is 3. The average Bonchev–Trinajstić information content (AvgIpc) is 3.25. The van der Waals surface area contributed by atoms with Gasteiger partial charge in [-0.25, -0.2) is 4.98 Å². The van der Waals surface area contributed by atoms with Gasteiger partial charge in [-0.3, -0.25) is 4.79 Å². The second-order valence-corrected chi connectivity index (χ2v) is 7.52. The fraction of sp³-hybridized carbons (Fsp3) is 0.304. The number of amides is 1. The number of hydrogen-bond donors (Lipinski definition) is 2. The first kappa shape index (κ1) is 18.3. The maximum absolute atomic E-state index is 13.3. The number of rotatable bonds is 4. The number of nitrogens with one attached hydrogen (secondary N) is 2. The Kier molecular flexibility index (Phi) is 5.15. The number of H-pyrrole nitrogens is 1. The lowest BCUT2D eigenvalue weighted by Crippen LogP contribution is -2.45. The summed E-state index contributed by atoms with van der Waals surface area (Å²) >= 11 is 0. The van der Waals surface area contributed by atoms with Crippen molar-refractivity contribution in [2.45, 2.75) is 32.7 Å². The Hall–Kier alpha value is -3.08. The minimum atomic E-state index is 0.0681. The van der Waals surface area contributed by atoms with E-state index < -0.39 is 0 Å². The largest absolute Gasteiger partial charge is 0.381 e. The van der Waals surface area contributed by atoms with Gasteiger partial charge in [-0.15, -0.1) is 0 Å². The Balaban J connectivity index is 1.50. The Morgan fingerprint density at radius 3 is 2.82 bits per heavy atom. The molecule has 0 radical (unpaired) electrons. The van der Waals surface area contributed by atoms with E-state index in [-0.39, 0.29) is 11.9 Å². The third-order valence-electron chi connectivity index (χ3n) is 5.50. The van der Waals surface area contributed by atoms with E-state index in [1.165, 1.54) is 11.1 Å². The number of carbonyl (C=O) groups is 1. The molecule has 1 fully saturated rings. The number of aryl methyl sites for hydroxylation is 2. The molecule has 2 heterocycles. The lowest BCUT2D eigenvalue weighted by atomic mass is 10.0. The van der Waals surface area contributed by atoms with Crippen LogP contribution in [0.15, 0.2) is 54.9 Å². The van der Waals surface area contributed by atoms with Gasteiger partial charge < -0.3 is 15.2 Å². The van der Waals surface area contributed by atoms with Gasteiger partial charge in [0.05, 0.1) is 5.56 Å². The Morgan fingerprint density at radius 2 is 2.04 bits per heavy atom. The summed E-state index contributed by atoms with van der Waals surface area (Å²) in [5.74, 6) is 0.796. The number of carbonyl (C=O) groups excluding carboxylic acids is 1. The van der Waals surface area contributed by atoms with E-state index in [1.807, 2.05) is 29.2 Å². The van der Waals surface area contributed by atoms with Gasteiger partial charge in [0.25, 0.3) is 5.91 Å². The smallest absolute Gasteiger partial charge is 0.254 e. The number of nitrogens with zero attached hydrogens (tertiary/aromatic N) is 2. The molecule has 4 rings (SSSR count). The summed E-state index contributed by atoms with van der Waals surface area (Å²) in [5.41, 5.74) is 5.24. The van der Waals surface area contributed by atoms with Crippen LogP contribution >= 0.6 is 0 Å². The van der Waals surface area contributed by atoms with E-state index in [0.29, 0.717) is 12.1 Å². The highest BCUT2D eigenvalue weighted by molar-refractivity contribution is 6.00. The lowest BCUT2D eigenvalue weighted by molar-refractivity contribution is 0.0715. The van der Waals surface area contributed by atoms with E-state index >= 15 is 0 Å². The van der Waals surface area contributed by atoms with Crippen LogP contribution in [0, 0.1) is 13.8 Å². The molecule has 2 aromatic carbocycles. The number of aromatic nitrogens is 2. The van der Waals surface area contributed by atoms with Crippen molar-refractivity contribution >= 4 is 11.6 Å². The number of benzene rings is 2. The second kappa shape index (κ2) is 7.89. The highest BCUT2D eigenvalue weighted by Crippen LogP contribution is 2.24. The topological polar surface area (TPSA) is 61.0 Å². The summed E-state index contributed by atoms with van der Waals surface area (Å²) in [7, 11) is 0. The van der Waals surface area contributed by atoms with E-state index in [4.69, 9.17) is 0 Å². The van der Waals surface area contributed by atoms with Crippen LogP contribution in [-0.4, -0.2) is 39.9 Å². The van der Waals surface area contributed by atoms with Crippen LogP contribution in [0.25, 0.3) is 11.4 Å². The minimum Gasteiger partial charge on any atom is -0.381 e. The summed E-state index contributed by atoms with van der Waals surface area (Å²) in [5, 5.41) is 3.61. The molecule has 28 heavy (non-hydrogen) atoms. The predicted molar refractivity (Wildman–Crippen MR) is 112 cm³/mol. The van der Waals surface area contributed by atoms with Crippen molar-refractivity contribution in [1.82, 2.24) is 14.9 Å². The van der Waals surface area contributed by atoms with Gasteiger partial charge in [-0.05, 0) is 56.0 Å². The van der Waals surface area contributed by atoms with Gasteiger partial charge >= 0.3 is 0 Å². The van der Waals surface area contributed by atoms with Crippen molar-refractivity contribution in [2.24, 2.45) is 0 Å². The molecule has 1 saturated heterocycles. The minimum absolute atomic E-state index is 0.0681. The average molecular weight is 374 g/mol. The maximum atomic E-state index is 13.3. The first-order chi connectivity index (χ1) is 13.6. The van der Waals surface area contributed by atoms with Crippen LogP contribution in [0.1, 0.15) is 34.3 Å². The first-order valence-corrected chi connectivity index (χ1v) is 9.83. The molecular weight excluding hydrogens is 348 g/mol. The Labute approximate surface area is 165 Å². The third-order valence-corrected chi connectivity index (χ3v) is 5.50. The van der Waals surface area contributed by atoms with Crippen LogP contribution in [0.5, 0.6) is 0 Å². The number of piperidine rings is 1. The summed E-state index contributed by atoms with van der Waals surface area (Å²) in [6.45, 7) is 5.74. The highest BCUT2D eigenvalue weighted by atomic mass is 16.2. The number of likely N-dealkylation sites (tertiary alicyclic amines) is 1. The van der Waals surface area contributed by atoms with Crippen LogP contribution in [-0.2, 0) is 0 Å². The number of imidazole rings is 1. The molecule has 0 bridgehead atoms. The van der Waals surface area contributed by atoms with Gasteiger partial charge in [-0.1, -0.05) is 24.3 Å². The zero-order valence-corrected chi connectivity index (χ0v) is 16.4. The fourth-order valence-corrected chi connectivity index (χ4v) is 3.81. The standard InChI is InChI=1S/C23H26N4O/c1-16-9-10-18(14-17(16)2)26-19-6-5-13-27(15-19)23(28)21-8-4-3-7-20(21)22-24-11-12-25-22/h3-4,7-12,14,19,26H,5-6,13,15H2,1-2H3,(H,24,25)/t19-/m1/s1. The molecule has 5 heteroatoms. The Morgan fingerprint density at radius 1 is 1.18 bits per heavy atom. The number of anilines is 1. The van der Waals surface area contributed by atoms with Crippen molar-refractivity contribution in [3.05, 3.63) is 71.5 Å². The molecule has 0 unspecified atom stereocenters. The Bertz CT molecular complexity index is 964. The van der Waals surface area contributed by atoms with Gasteiger partial charge in [0.15, 0.2) is 0 Å². The second-order valence-electron chi connectivity index (χ2n) is 7.52. The molecular formula is C23H26N4O. The molecule has 144 valence electrons. The van der Waals surface area contributed by atoms with E-state index in [0.717, 1.165) is 36.5 Å². The maximum Gasteiger partial charge on any atom is 0.254 e. The van der Waals surface area contributed by atoms with Gasteiger partial charge in [0, 0.05) is 42.8 Å². The molecule has 1 aromatic heterocycles. The summed E-state index contributed by atoms with van der Waals surface area (Å²) in [6, 6.07) is 14.4. The van der Waals surface area contributed by atoms with Crippen molar-refractivity contribution in [2.75, 3.05) is 18.4 Å². The van der Waals surface area contributed by atoms with Crippen LogP contribution < -0.4 is 5.32 Å². The highest BCUT2D eigenvalue weighted by Gasteiger charge is 2.26. The molecule has 3 aromatic rings. The summed E-state index contributed by atoms with van der Waals surface area (Å²) in [4.78, 5) is 22.7. The number of aromatic amines is 1. The molecule has 0 saturated carbocycles. The van der Waals surface area contributed by atoms with Crippen LogP contribution in [0.2, 0.25) is 0 Å². The molecule has 0 aliphatic carbocycles. The van der Waals surface area contributed by atoms with Crippen LogP contribution in [0.3, 0.4) is 0 Å². The lowest BCUT2D eigenvalue weighted by Gasteiger charge is -2.34. The fourth-order valence-electron chi connectivity index (χ4n) is 3.81. The predicted octanol–water partition coefficient (Wildman–Crippen LogP) is 4.41. The van der Waals surface area contributed by atoms with Crippen LogP contribution in [0.4, 0.5) is 5.69 Å². The molecule has 1 atom stereocenters. The quantitative estimate of drug-likeness (QED) is 0.711. The van der Waals surface area contributed by atoms with E-state index in [9.17, 15) is 4.79 Å². The third kappa shape index (κ3) is 3.79. The molecule has 1 aliphatic rings. The van der Waals surface area contributed by atoms with Crippen molar-refractivity contribution in [3.8, 4) is 11.4 Å². The molecule has 0 spiro atoms. The first-order valence-electron chi connectivity index (χ1n) is 9.83. The van der Waals surface area contributed by atoms with Gasteiger partial charge in [0.1, 0.15) is 5.82 Å². The van der Waals surface area contributed by atoms with Gasteiger partial charge in [-0.2, -0.15) is 0 Å². The molecule has 5 nitrogen and oxygen atoms in total. The normalized spacial score (nSPS) is 16.8. The zero-order valence-electron chi connectivity index (χ0n) is 16.4. The van der Waals surface area contributed by atoms with Crippen molar-refractivity contribution < 1.29 is 4.79 Å². The summed E-state index contributed by atoms with van der Waals surface area (Å²) in [6.07, 6.45) is 5.55. The SMILES string of the molecule is Cc1ccc(N[C@@H]2CCCN(C(=O)c3ccccc3-c3ncc[nH]3)C2)cc1C. The molecule has 2 N–H and O–H groups in total. The van der Waals surface area contributed by atoms with Gasteiger partial charge in [0.2, 0.25) is 0 Å². The monoisotopic (exact) mass is 374 g/mol. The molecule has 1 amide bonds.